The van der Waals surface area contributed by atoms with E-state index in [0.29, 0.717) is 0 Å². The van der Waals surface area contributed by atoms with Gasteiger partial charge in [0.05, 0.1) is 0 Å². The highest BCUT2D eigenvalue weighted by Crippen LogP contribution is 2.24. The molecule has 3 rings (SSSR count). The third-order valence-corrected chi connectivity index (χ3v) is 3.59. The second kappa shape index (κ2) is 5.22. The van der Waals surface area contributed by atoms with Crippen molar-refractivity contribution in [1.82, 2.24) is 0 Å². The molecule has 0 radical (unpaired) electrons. The van der Waals surface area contributed by atoms with Crippen molar-refractivity contribution in [2.24, 2.45) is 0 Å². The van der Waals surface area contributed by atoms with Gasteiger partial charge in [-0.1, -0.05) is 62.0 Å². The van der Waals surface area contributed by atoms with Gasteiger partial charge in [0, 0.05) is 0 Å². The zero-order valence-corrected chi connectivity index (χ0v) is 10.1. The minimum absolute atomic E-state index is 0. The zero-order valence-electron chi connectivity index (χ0n) is 10.1. The Hall–Kier alpha value is -1.82. The molecule has 0 unspecified atom stereocenters. The highest BCUT2D eigenvalue weighted by molar-refractivity contribution is 5.74. The molecule has 92 valence electrons. The van der Waals surface area contributed by atoms with Crippen molar-refractivity contribution in [2.75, 3.05) is 0 Å². The highest BCUT2D eigenvalue weighted by atomic mass is 14.1. The van der Waals surface area contributed by atoms with E-state index in [1.54, 1.807) is 0 Å². The Bertz CT molecular complexity index is 576. The van der Waals surface area contributed by atoms with Gasteiger partial charge in [0.1, 0.15) is 0 Å². The molecule has 0 spiro atoms. The van der Waals surface area contributed by atoms with Gasteiger partial charge in [0.15, 0.2) is 0 Å². The van der Waals surface area contributed by atoms with Crippen molar-refractivity contribution in [1.29, 1.82) is 0 Å². The number of fused-ring (bicyclic) bond motifs is 2. The maximum absolute atomic E-state index is 2.25. The first kappa shape index (κ1) is 12.6. The van der Waals surface area contributed by atoms with Gasteiger partial charge in [-0.3, -0.25) is 0 Å². The van der Waals surface area contributed by atoms with Crippen LogP contribution < -0.4 is 0 Å². The number of hydrogen-bond donors (Lipinski definition) is 0. The largest absolute Gasteiger partial charge is 0.0776 e. The number of rotatable bonds is 0. The fraction of sp³-hybridized carbons (Fsp3) is 0.222. The van der Waals surface area contributed by atoms with Crippen LogP contribution in [0.15, 0.2) is 42.5 Å². The molecule has 1 aliphatic carbocycles. The molecule has 0 heteroatoms. The lowest BCUT2D eigenvalue weighted by atomic mass is 9.91. The lowest BCUT2D eigenvalue weighted by molar-refractivity contribution is 0.941. The van der Waals surface area contributed by atoms with Crippen LogP contribution in [0.4, 0.5) is 0 Å². The van der Waals surface area contributed by atoms with Crippen LogP contribution >= 0.6 is 0 Å². The van der Waals surface area contributed by atoms with Gasteiger partial charge in [0.25, 0.3) is 0 Å². The third kappa shape index (κ3) is 2.24. The quantitative estimate of drug-likeness (QED) is 0.610. The fourth-order valence-corrected chi connectivity index (χ4v) is 2.59. The van der Waals surface area contributed by atoms with Gasteiger partial charge in [-0.15, -0.1) is 0 Å². The molecule has 0 amide bonds. The van der Waals surface area contributed by atoms with Crippen molar-refractivity contribution in [3.05, 3.63) is 70.3 Å². The molecule has 0 saturated carbocycles. The molecular formula is C18H20. The van der Waals surface area contributed by atoms with E-state index in [0.717, 1.165) is 12.8 Å². The lowest BCUT2D eigenvalue weighted by Crippen LogP contribution is -2.00. The Morgan fingerprint density at radius 2 is 1.50 bits per heavy atom. The van der Waals surface area contributed by atoms with Crippen LogP contribution in [-0.4, -0.2) is 0 Å². The minimum atomic E-state index is 0. The van der Waals surface area contributed by atoms with E-state index in [1.165, 1.54) is 27.8 Å². The van der Waals surface area contributed by atoms with Gasteiger partial charge in [0.2, 0.25) is 0 Å². The average molecular weight is 236 g/mol. The van der Waals surface area contributed by atoms with Crippen molar-refractivity contribution < 1.29 is 0 Å². The van der Waals surface area contributed by atoms with Crippen molar-refractivity contribution in [2.45, 2.75) is 27.2 Å². The fourth-order valence-electron chi connectivity index (χ4n) is 2.59. The number of aryl methyl sites for hydroxylation is 2. The van der Waals surface area contributed by atoms with Crippen LogP contribution in [0.25, 0.3) is 12.2 Å². The van der Waals surface area contributed by atoms with Crippen LogP contribution in [0, 0.1) is 6.92 Å². The van der Waals surface area contributed by atoms with Crippen LogP contribution in [0.2, 0.25) is 0 Å². The van der Waals surface area contributed by atoms with E-state index in [-0.39, 0.29) is 7.43 Å². The SMILES string of the molecule is C.Cc1cccc2c1CCc1ccccc1/C=C\2. The smallest absolute Gasteiger partial charge is 0.0222 e. The molecular weight excluding hydrogens is 216 g/mol. The van der Waals surface area contributed by atoms with E-state index < -0.39 is 0 Å². The van der Waals surface area contributed by atoms with Crippen molar-refractivity contribution >= 4 is 12.2 Å². The van der Waals surface area contributed by atoms with E-state index in [4.69, 9.17) is 0 Å². The Balaban J connectivity index is 0.00000120. The summed E-state index contributed by atoms with van der Waals surface area (Å²) in [5.74, 6) is 0. The summed E-state index contributed by atoms with van der Waals surface area (Å²) in [6.07, 6.45) is 6.77. The molecule has 2 aromatic carbocycles. The number of benzene rings is 2. The summed E-state index contributed by atoms with van der Waals surface area (Å²) in [7, 11) is 0. The first-order valence-corrected chi connectivity index (χ1v) is 6.19. The maximum atomic E-state index is 2.25. The van der Waals surface area contributed by atoms with E-state index in [1.807, 2.05) is 0 Å². The Labute approximate surface area is 110 Å². The first-order chi connectivity index (χ1) is 8.34. The monoisotopic (exact) mass is 236 g/mol. The summed E-state index contributed by atoms with van der Waals surface area (Å²) in [6, 6.07) is 15.3. The van der Waals surface area contributed by atoms with Crippen molar-refractivity contribution in [3.63, 3.8) is 0 Å². The summed E-state index contributed by atoms with van der Waals surface area (Å²) in [4.78, 5) is 0. The molecule has 2 aromatic rings. The Morgan fingerprint density at radius 1 is 0.778 bits per heavy atom. The summed E-state index contributed by atoms with van der Waals surface area (Å²) < 4.78 is 0. The van der Waals surface area contributed by atoms with Crippen LogP contribution in [0.5, 0.6) is 0 Å². The molecule has 0 aliphatic heterocycles. The van der Waals surface area contributed by atoms with Gasteiger partial charge in [-0.2, -0.15) is 0 Å². The standard InChI is InChI=1S/C17H16.CH4/c1-13-5-4-8-16-10-9-14-6-2-3-7-15(14)11-12-17(13)16;/h2-10H,11-12H2,1H3;1H4/b10-9-;. The normalized spacial score (nSPS) is 14.5. The van der Waals surface area contributed by atoms with Gasteiger partial charge in [-0.25, -0.2) is 0 Å². The minimum Gasteiger partial charge on any atom is -0.0776 e. The maximum Gasteiger partial charge on any atom is -0.0222 e. The van der Waals surface area contributed by atoms with Crippen LogP contribution in [-0.2, 0) is 12.8 Å². The van der Waals surface area contributed by atoms with Gasteiger partial charge >= 0.3 is 0 Å². The van der Waals surface area contributed by atoms with E-state index in [9.17, 15) is 0 Å². The predicted molar refractivity (Wildman–Crippen MR) is 80.7 cm³/mol. The molecule has 0 fully saturated rings. The summed E-state index contributed by atoms with van der Waals surface area (Å²) in [5.41, 5.74) is 7.10. The molecule has 0 saturated heterocycles. The average Bonchev–Trinajstić information content (AvgIpc) is 2.33. The lowest BCUT2D eigenvalue weighted by Gasteiger charge is -2.14. The molecule has 0 heterocycles. The Morgan fingerprint density at radius 3 is 2.39 bits per heavy atom. The third-order valence-electron chi connectivity index (χ3n) is 3.59. The van der Waals surface area contributed by atoms with Gasteiger partial charge < -0.3 is 0 Å². The van der Waals surface area contributed by atoms with Crippen LogP contribution in [0.3, 0.4) is 0 Å². The zero-order chi connectivity index (χ0) is 11.7. The Kier molecular flexibility index (Phi) is 3.66. The van der Waals surface area contributed by atoms with Gasteiger partial charge in [-0.05, 0) is 47.6 Å². The van der Waals surface area contributed by atoms with E-state index >= 15 is 0 Å². The molecule has 0 bridgehead atoms. The molecule has 0 N–H and O–H groups in total. The number of hydrogen-bond acceptors (Lipinski definition) is 0. The molecule has 1 aliphatic rings. The predicted octanol–water partition coefficient (Wildman–Crippen LogP) is 4.90. The summed E-state index contributed by atoms with van der Waals surface area (Å²) in [5, 5.41) is 0. The summed E-state index contributed by atoms with van der Waals surface area (Å²) >= 11 is 0. The highest BCUT2D eigenvalue weighted by Gasteiger charge is 2.08. The van der Waals surface area contributed by atoms with E-state index in [2.05, 4.69) is 61.5 Å². The molecule has 18 heavy (non-hydrogen) atoms. The molecule has 0 aromatic heterocycles. The molecule has 0 atom stereocenters. The summed E-state index contributed by atoms with van der Waals surface area (Å²) in [6.45, 7) is 2.21. The topological polar surface area (TPSA) is 0 Å². The molecule has 0 nitrogen and oxygen atoms in total. The van der Waals surface area contributed by atoms with Crippen LogP contribution in [0.1, 0.15) is 35.2 Å². The second-order valence-corrected chi connectivity index (χ2v) is 4.67. The van der Waals surface area contributed by atoms with Crippen molar-refractivity contribution in [3.8, 4) is 0 Å². The second-order valence-electron chi connectivity index (χ2n) is 4.67. The first-order valence-electron chi connectivity index (χ1n) is 6.19.